The van der Waals surface area contributed by atoms with Crippen molar-refractivity contribution in [2.24, 2.45) is 5.92 Å². The van der Waals surface area contributed by atoms with Crippen molar-refractivity contribution in [2.45, 2.75) is 76.6 Å². The molecule has 0 radical (unpaired) electrons. The zero-order valence-corrected chi connectivity index (χ0v) is 27.2. The number of amides is 1. The van der Waals surface area contributed by atoms with Crippen LogP contribution in [-0.4, -0.2) is 57.3 Å². The molecule has 2 aromatic carbocycles. The molecule has 2 aliphatic rings. The van der Waals surface area contributed by atoms with E-state index in [2.05, 4.69) is 10.2 Å². The molecule has 9 nitrogen and oxygen atoms in total. The van der Waals surface area contributed by atoms with Crippen molar-refractivity contribution in [2.75, 3.05) is 20.2 Å². The van der Waals surface area contributed by atoms with Gasteiger partial charge in [-0.3, -0.25) is 14.2 Å². The van der Waals surface area contributed by atoms with Gasteiger partial charge >= 0.3 is 18.3 Å². The Morgan fingerprint density at radius 3 is 2.25 bits per heavy atom. The lowest BCUT2D eigenvalue weighted by Gasteiger charge is -2.33. The van der Waals surface area contributed by atoms with E-state index in [0.29, 0.717) is 29.5 Å². The van der Waals surface area contributed by atoms with Crippen molar-refractivity contribution in [3.63, 3.8) is 0 Å². The second kappa shape index (κ2) is 13.2. The highest BCUT2D eigenvalue weighted by molar-refractivity contribution is 6.32. The Labute approximate surface area is 277 Å². The molecule has 1 aromatic heterocycles. The van der Waals surface area contributed by atoms with Gasteiger partial charge in [-0.05, 0) is 63.8 Å². The molecular formula is C32H33ClF6N4O5. The van der Waals surface area contributed by atoms with E-state index in [1.807, 2.05) is 0 Å². The minimum atomic E-state index is -5.07. The molecule has 48 heavy (non-hydrogen) atoms. The number of likely N-dealkylation sites (tertiary alicyclic amines) is 1. The Balaban J connectivity index is 1.52. The van der Waals surface area contributed by atoms with Gasteiger partial charge in [-0.2, -0.15) is 26.3 Å². The van der Waals surface area contributed by atoms with Crippen LogP contribution < -0.4 is 4.74 Å². The van der Waals surface area contributed by atoms with Gasteiger partial charge in [-0.1, -0.05) is 23.7 Å². The molecule has 0 N–H and O–H groups in total. The van der Waals surface area contributed by atoms with Crippen LogP contribution in [0, 0.1) is 5.92 Å². The number of carbonyl (C=O) groups excluding carboxylic acids is 2. The molecule has 2 unspecified atom stereocenters. The number of esters is 1. The summed E-state index contributed by atoms with van der Waals surface area (Å²) in [6, 6.07) is 6.69. The molecule has 1 fully saturated rings. The van der Waals surface area contributed by atoms with Gasteiger partial charge in [0.05, 0.1) is 29.8 Å². The largest absolute Gasteiger partial charge is 0.495 e. The SMILES string of the molecule is COc1cccc(C2OC(CC(=O)N3CCC(CC(=O)OC(C)(C)C)CC3)c3nnc(C(F)(F)F)n3-c3ccc(C(F)(F)F)cc32)c1Cl. The lowest BCUT2D eigenvalue weighted by molar-refractivity contribution is -0.156. The van der Waals surface area contributed by atoms with Crippen LogP contribution in [0.25, 0.3) is 5.69 Å². The summed E-state index contributed by atoms with van der Waals surface area (Å²) in [6.45, 7) is 5.82. The topological polar surface area (TPSA) is 95.8 Å². The monoisotopic (exact) mass is 702 g/mol. The van der Waals surface area contributed by atoms with Gasteiger partial charge < -0.3 is 19.1 Å². The Morgan fingerprint density at radius 2 is 1.65 bits per heavy atom. The van der Waals surface area contributed by atoms with Crippen LogP contribution in [0.3, 0.4) is 0 Å². The lowest BCUT2D eigenvalue weighted by Crippen LogP contribution is -2.40. The summed E-state index contributed by atoms with van der Waals surface area (Å²) >= 11 is 6.59. The molecule has 260 valence electrons. The zero-order chi connectivity index (χ0) is 35.2. The quantitative estimate of drug-likeness (QED) is 0.194. The molecule has 2 aliphatic heterocycles. The average Bonchev–Trinajstić information content (AvgIpc) is 3.39. The van der Waals surface area contributed by atoms with Crippen molar-refractivity contribution in [3.8, 4) is 11.4 Å². The summed E-state index contributed by atoms with van der Waals surface area (Å²) < 4.78 is 102. The fourth-order valence-corrected chi connectivity index (χ4v) is 6.23. The number of ether oxygens (including phenoxy) is 3. The number of fused-ring (bicyclic) bond motifs is 3. The maximum absolute atomic E-state index is 14.3. The van der Waals surface area contributed by atoms with Crippen molar-refractivity contribution in [3.05, 3.63) is 69.8 Å². The Kier molecular flexibility index (Phi) is 9.77. The van der Waals surface area contributed by atoms with E-state index in [-0.39, 0.29) is 59.0 Å². The van der Waals surface area contributed by atoms with Crippen LogP contribution in [-0.2, 0) is 31.4 Å². The molecule has 3 heterocycles. The van der Waals surface area contributed by atoms with Gasteiger partial charge in [-0.25, -0.2) is 0 Å². The minimum Gasteiger partial charge on any atom is -0.495 e. The minimum absolute atomic E-state index is 0.0348. The summed E-state index contributed by atoms with van der Waals surface area (Å²) in [6.07, 6.45) is -12.3. The number of alkyl halides is 6. The number of methoxy groups -OCH3 is 1. The molecule has 0 aliphatic carbocycles. The molecule has 0 bridgehead atoms. The molecular weight excluding hydrogens is 670 g/mol. The Bertz CT molecular complexity index is 1680. The first-order chi connectivity index (χ1) is 22.4. The highest BCUT2D eigenvalue weighted by Gasteiger charge is 2.45. The third-order valence-corrected chi connectivity index (χ3v) is 8.51. The number of carbonyl (C=O) groups is 2. The van der Waals surface area contributed by atoms with Gasteiger partial charge in [0, 0.05) is 30.6 Å². The summed E-state index contributed by atoms with van der Waals surface area (Å²) in [5, 5.41) is 7.04. The third-order valence-electron chi connectivity index (χ3n) is 8.11. The predicted molar refractivity (Wildman–Crippen MR) is 159 cm³/mol. The van der Waals surface area contributed by atoms with E-state index in [0.717, 1.165) is 6.07 Å². The number of piperidine rings is 1. The molecule has 1 saturated heterocycles. The van der Waals surface area contributed by atoms with Crippen LogP contribution in [0.1, 0.15) is 87.0 Å². The van der Waals surface area contributed by atoms with Gasteiger partial charge in [0.1, 0.15) is 23.6 Å². The van der Waals surface area contributed by atoms with Crippen LogP contribution in [0.15, 0.2) is 36.4 Å². The number of benzene rings is 2. The predicted octanol–water partition coefficient (Wildman–Crippen LogP) is 7.49. The van der Waals surface area contributed by atoms with Gasteiger partial charge in [-0.15, -0.1) is 10.2 Å². The third kappa shape index (κ3) is 7.56. The summed E-state index contributed by atoms with van der Waals surface area (Å²) in [5.74, 6) is -2.65. The first kappa shape index (κ1) is 35.5. The Hall–Kier alpha value is -3.85. The molecule has 5 rings (SSSR count). The fraction of sp³-hybridized carbons (Fsp3) is 0.500. The highest BCUT2D eigenvalue weighted by Crippen LogP contribution is 2.47. The molecule has 2 atom stereocenters. The van der Waals surface area contributed by atoms with E-state index in [1.54, 1.807) is 20.8 Å². The number of rotatable bonds is 6. The van der Waals surface area contributed by atoms with E-state index >= 15 is 0 Å². The maximum Gasteiger partial charge on any atom is 0.452 e. The highest BCUT2D eigenvalue weighted by atomic mass is 35.5. The number of halogens is 7. The van der Waals surface area contributed by atoms with Crippen LogP contribution in [0.5, 0.6) is 5.75 Å². The number of nitrogens with zero attached hydrogens (tertiary/aromatic N) is 4. The molecule has 16 heteroatoms. The standard InChI is InChI=1S/C32H33ClF6N4O5/c1-30(2,3)48-25(45)14-17-10-12-42(13-11-17)24(44)16-23-28-40-41-29(32(37,38)39)43(28)21-9-8-18(31(34,35)36)15-20(21)27(47-23)19-6-5-7-22(46-4)26(19)33/h5-9,15,17,23,27H,10-14,16H2,1-4H3. The van der Waals surface area contributed by atoms with E-state index < -0.39 is 59.7 Å². The van der Waals surface area contributed by atoms with E-state index in [1.165, 1.54) is 30.2 Å². The van der Waals surface area contributed by atoms with Crippen LogP contribution in [0.2, 0.25) is 5.02 Å². The van der Waals surface area contributed by atoms with Crippen molar-refractivity contribution >= 4 is 23.5 Å². The summed E-state index contributed by atoms with van der Waals surface area (Å²) in [4.78, 5) is 27.5. The van der Waals surface area contributed by atoms with Gasteiger partial charge in [0.2, 0.25) is 11.7 Å². The van der Waals surface area contributed by atoms with Gasteiger partial charge in [0.25, 0.3) is 0 Å². The maximum atomic E-state index is 14.3. The Morgan fingerprint density at radius 1 is 0.958 bits per heavy atom. The number of hydrogen-bond acceptors (Lipinski definition) is 7. The second-order valence-electron chi connectivity index (χ2n) is 12.7. The summed E-state index contributed by atoms with van der Waals surface area (Å²) in [7, 11) is 1.32. The van der Waals surface area contributed by atoms with E-state index in [4.69, 9.17) is 25.8 Å². The number of aromatic nitrogens is 3. The van der Waals surface area contributed by atoms with Crippen LogP contribution >= 0.6 is 11.6 Å². The normalized spacial score (nSPS) is 18.9. The molecule has 1 amide bonds. The first-order valence-electron chi connectivity index (χ1n) is 15.1. The lowest BCUT2D eigenvalue weighted by atomic mass is 9.93. The molecule has 0 saturated carbocycles. The number of hydrogen-bond donors (Lipinski definition) is 0. The molecule has 0 spiro atoms. The van der Waals surface area contributed by atoms with Crippen molar-refractivity contribution in [1.82, 2.24) is 19.7 Å². The summed E-state index contributed by atoms with van der Waals surface area (Å²) in [5.41, 5.74) is -2.30. The fourth-order valence-electron chi connectivity index (χ4n) is 5.93. The zero-order valence-electron chi connectivity index (χ0n) is 26.4. The van der Waals surface area contributed by atoms with Crippen molar-refractivity contribution < 1.29 is 50.1 Å². The van der Waals surface area contributed by atoms with E-state index in [9.17, 15) is 35.9 Å². The van der Waals surface area contributed by atoms with Crippen molar-refractivity contribution in [1.29, 1.82) is 0 Å². The second-order valence-corrected chi connectivity index (χ2v) is 13.1. The first-order valence-corrected chi connectivity index (χ1v) is 15.5. The van der Waals surface area contributed by atoms with Crippen LogP contribution in [0.4, 0.5) is 26.3 Å². The molecule has 3 aromatic rings. The van der Waals surface area contributed by atoms with Gasteiger partial charge in [0.15, 0.2) is 5.82 Å². The average molecular weight is 703 g/mol. The smallest absolute Gasteiger partial charge is 0.452 e.